The zero-order chi connectivity index (χ0) is 48.8. The summed E-state index contributed by atoms with van der Waals surface area (Å²) in [6.07, 6.45) is 7.14. The number of amides is 4. The van der Waals surface area contributed by atoms with E-state index in [1.807, 2.05) is 24.3 Å². The molecule has 16 nitrogen and oxygen atoms in total. The van der Waals surface area contributed by atoms with Gasteiger partial charge in [0.15, 0.2) is 0 Å². The van der Waals surface area contributed by atoms with Crippen molar-refractivity contribution in [3.63, 3.8) is 0 Å². The van der Waals surface area contributed by atoms with Crippen LogP contribution in [-0.4, -0.2) is 157 Å². The SMILES string of the molecule is [C-]#[N+]C[C@H]1CN(c2nc(OCC3(CN4CCN(CC5CCN(c6ccc7c(c6)CN(C6CCC(=O)NC6=O)C7=O)CC5)CC4)CC3)nc3c2CCN(c2cccc4cccc(Cl)c24)C3)CCN1C(=O)C=C. The Labute approximate surface area is 420 Å². The first-order valence-corrected chi connectivity index (χ1v) is 25.9. The number of carbonyl (C=O) groups is 4. The maximum atomic E-state index is 13.2. The number of fused-ring (bicyclic) bond motifs is 3. The molecule has 0 spiro atoms. The number of hydrogen-bond acceptors (Lipinski definition) is 12. The van der Waals surface area contributed by atoms with Crippen molar-refractivity contribution in [2.75, 3.05) is 106 Å². The van der Waals surface area contributed by atoms with Gasteiger partial charge in [0, 0.05) is 125 Å². The van der Waals surface area contributed by atoms with Gasteiger partial charge in [-0.25, -0.2) is 6.57 Å². The molecule has 1 saturated carbocycles. The van der Waals surface area contributed by atoms with E-state index in [1.54, 1.807) is 9.80 Å². The van der Waals surface area contributed by atoms with Gasteiger partial charge in [0.05, 0.1) is 23.9 Å². The number of imide groups is 1. The fraction of sp³-hybridized carbons (Fsp3) is 0.500. The first-order valence-electron chi connectivity index (χ1n) is 25.5. The van der Waals surface area contributed by atoms with Crippen LogP contribution in [0.5, 0.6) is 6.01 Å². The Morgan fingerprint density at radius 1 is 0.887 bits per heavy atom. The van der Waals surface area contributed by atoms with Crippen LogP contribution in [0, 0.1) is 17.9 Å². The highest BCUT2D eigenvalue weighted by Gasteiger charge is 2.46. The van der Waals surface area contributed by atoms with Gasteiger partial charge in [0.25, 0.3) is 5.91 Å². The summed E-state index contributed by atoms with van der Waals surface area (Å²) in [5, 5.41) is 5.24. The molecule has 7 aliphatic rings. The molecule has 17 heteroatoms. The Kier molecular flexibility index (Phi) is 13.1. The number of rotatable bonds is 13. The van der Waals surface area contributed by atoms with Crippen molar-refractivity contribution < 1.29 is 23.9 Å². The van der Waals surface area contributed by atoms with Crippen molar-refractivity contribution >= 4 is 63.2 Å². The van der Waals surface area contributed by atoms with Crippen LogP contribution in [0.1, 0.15) is 65.7 Å². The summed E-state index contributed by atoms with van der Waals surface area (Å²) in [4.78, 5) is 80.0. The van der Waals surface area contributed by atoms with Crippen LogP contribution in [0.15, 0.2) is 67.3 Å². The number of hydrogen-bond donors (Lipinski definition) is 1. The topological polar surface area (TPSA) is 142 Å². The fourth-order valence-corrected chi connectivity index (χ4v) is 12.3. The summed E-state index contributed by atoms with van der Waals surface area (Å²) >= 11 is 6.82. The molecule has 0 bridgehead atoms. The van der Waals surface area contributed by atoms with E-state index in [0.717, 1.165) is 141 Å². The lowest BCUT2D eigenvalue weighted by atomic mass is 9.95. The third kappa shape index (κ3) is 9.64. The molecule has 4 saturated heterocycles. The molecule has 1 aromatic heterocycles. The van der Waals surface area contributed by atoms with Crippen molar-refractivity contribution in [3.8, 4) is 6.01 Å². The van der Waals surface area contributed by atoms with Crippen LogP contribution in [0.3, 0.4) is 0 Å². The van der Waals surface area contributed by atoms with Gasteiger partial charge >= 0.3 is 6.01 Å². The van der Waals surface area contributed by atoms with Crippen molar-refractivity contribution in [1.82, 2.24) is 34.9 Å². The number of piperidine rings is 2. The molecule has 2 atom stereocenters. The number of piperazine rings is 2. The number of aromatic nitrogens is 2. The summed E-state index contributed by atoms with van der Waals surface area (Å²) in [6.45, 7) is 23.6. The second-order valence-corrected chi connectivity index (χ2v) is 21.2. The first kappa shape index (κ1) is 47.1. The number of halogens is 1. The zero-order valence-electron chi connectivity index (χ0n) is 40.4. The number of carbonyl (C=O) groups excluding carboxylic acids is 4. The van der Waals surface area contributed by atoms with Gasteiger partial charge in [-0.2, -0.15) is 9.97 Å². The van der Waals surface area contributed by atoms with Gasteiger partial charge in [-0.15, -0.1) is 0 Å². The van der Waals surface area contributed by atoms with Crippen molar-refractivity contribution in [3.05, 3.63) is 106 Å². The molecular formula is C54H62ClN11O5. The second-order valence-electron chi connectivity index (χ2n) is 20.8. The number of ether oxygens (including phenoxy) is 1. The van der Waals surface area contributed by atoms with E-state index in [9.17, 15) is 19.2 Å². The molecule has 11 rings (SSSR count). The number of anilines is 3. The lowest BCUT2D eigenvalue weighted by molar-refractivity contribution is -0.137. The standard InChI is InChI=1S/C54H62ClN11O5/c1-3-48(68)65-27-26-64(32-40(65)29-56-2)50-42-16-21-63(45-9-5-7-37-6-4-8-43(55)49(37)45)33-44(42)57-53(59-50)71-35-54(17-18-54)34-61-24-22-60(23-25-61)30-36-14-19-62(20-15-36)39-10-11-41-38(28-39)31-66(52(41)70)46-12-13-47(67)58-51(46)69/h3-11,28,36,40,46H,1,12-27,29-35H2,(H,58,67,69)/t40-,46?/m0/s1. The van der Waals surface area contributed by atoms with E-state index in [0.29, 0.717) is 63.2 Å². The Bertz CT molecular complexity index is 2790. The molecule has 7 heterocycles. The highest BCUT2D eigenvalue weighted by atomic mass is 35.5. The molecule has 1 unspecified atom stereocenters. The van der Waals surface area contributed by atoms with Gasteiger partial charge in [0.1, 0.15) is 17.9 Å². The van der Waals surface area contributed by atoms with Crippen LogP contribution in [0.25, 0.3) is 15.6 Å². The largest absolute Gasteiger partial charge is 0.463 e. The molecule has 71 heavy (non-hydrogen) atoms. The summed E-state index contributed by atoms with van der Waals surface area (Å²) in [5.74, 6) is 0.536. The van der Waals surface area contributed by atoms with Crippen LogP contribution in [0.2, 0.25) is 5.02 Å². The smallest absolute Gasteiger partial charge is 0.318 e. The average Bonchev–Trinajstić information content (AvgIpc) is 4.08. The van der Waals surface area contributed by atoms with E-state index in [1.165, 1.54) is 6.08 Å². The summed E-state index contributed by atoms with van der Waals surface area (Å²) in [5.41, 5.74) is 5.89. The van der Waals surface area contributed by atoms with Crippen molar-refractivity contribution in [2.24, 2.45) is 11.3 Å². The lowest BCUT2D eigenvalue weighted by Gasteiger charge is -2.41. The molecule has 4 amide bonds. The van der Waals surface area contributed by atoms with Gasteiger partial charge in [-0.1, -0.05) is 42.4 Å². The van der Waals surface area contributed by atoms with Crippen LogP contribution >= 0.6 is 11.6 Å². The minimum Gasteiger partial charge on any atom is -0.463 e. The zero-order valence-corrected chi connectivity index (χ0v) is 41.1. The highest BCUT2D eigenvalue weighted by molar-refractivity contribution is 6.36. The molecule has 5 fully saturated rings. The first-order chi connectivity index (χ1) is 34.5. The second kappa shape index (κ2) is 19.7. The van der Waals surface area contributed by atoms with Crippen molar-refractivity contribution in [2.45, 2.75) is 70.1 Å². The normalized spacial score (nSPS) is 22.8. The molecule has 1 N–H and O–H groups in total. The molecule has 3 aromatic carbocycles. The molecule has 1 aliphatic carbocycles. The minimum absolute atomic E-state index is 0.0612. The predicted molar refractivity (Wildman–Crippen MR) is 273 cm³/mol. The summed E-state index contributed by atoms with van der Waals surface area (Å²) in [6, 6.07) is 17.9. The Morgan fingerprint density at radius 2 is 1.68 bits per heavy atom. The maximum absolute atomic E-state index is 13.2. The Hall–Kier alpha value is -6.28. The molecule has 370 valence electrons. The van der Waals surface area contributed by atoms with Crippen LogP contribution in [0.4, 0.5) is 17.2 Å². The van der Waals surface area contributed by atoms with E-state index >= 15 is 0 Å². The van der Waals surface area contributed by atoms with Crippen LogP contribution < -0.4 is 24.8 Å². The molecule has 6 aliphatic heterocycles. The average molecular weight is 981 g/mol. The summed E-state index contributed by atoms with van der Waals surface area (Å²) in [7, 11) is 0. The predicted octanol–water partition coefficient (Wildman–Crippen LogP) is 5.42. The van der Waals surface area contributed by atoms with Gasteiger partial charge in [-0.3, -0.25) is 24.5 Å². The Balaban J connectivity index is 0.700. The molecule has 4 aromatic rings. The van der Waals surface area contributed by atoms with Crippen LogP contribution in [-0.2, 0) is 33.9 Å². The number of benzene rings is 3. The maximum Gasteiger partial charge on any atom is 0.318 e. The third-order valence-corrected chi connectivity index (χ3v) is 16.5. The highest BCUT2D eigenvalue weighted by Crippen LogP contribution is 2.47. The van der Waals surface area contributed by atoms with Gasteiger partial charge < -0.3 is 43.9 Å². The third-order valence-electron chi connectivity index (χ3n) is 16.2. The molecular weight excluding hydrogens is 918 g/mol. The molecule has 0 radical (unpaired) electrons. The fourth-order valence-electron chi connectivity index (χ4n) is 12.0. The van der Waals surface area contributed by atoms with E-state index < -0.39 is 6.04 Å². The quantitative estimate of drug-likeness (QED) is 0.104. The van der Waals surface area contributed by atoms with Crippen molar-refractivity contribution in [1.29, 1.82) is 0 Å². The van der Waals surface area contributed by atoms with Gasteiger partial charge in [0.2, 0.25) is 24.3 Å². The Morgan fingerprint density at radius 3 is 2.44 bits per heavy atom. The van der Waals surface area contributed by atoms with E-state index in [-0.39, 0.29) is 48.1 Å². The minimum atomic E-state index is -0.604. The van der Waals surface area contributed by atoms with E-state index in [2.05, 4.69) is 71.6 Å². The van der Waals surface area contributed by atoms with Gasteiger partial charge in [-0.05, 0) is 91.8 Å². The number of nitrogens with one attached hydrogen (secondary N) is 1. The summed E-state index contributed by atoms with van der Waals surface area (Å²) < 4.78 is 6.68. The lowest BCUT2D eigenvalue weighted by Crippen LogP contribution is -2.56. The van der Waals surface area contributed by atoms with E-state index in [4.69, 9.17) is 32.9 Å². The number of nitrogens with zero attached hydrogens (tertiary/aromatic N) is 10. The monoisotopic (exact) mass is 979 g/mol.